The number of piperazine rings is 1. The number of hydrogen-bond donors (Lipinski definition) is 0. The van der Waals surface area contributed by atoms with E-state index in [4.69, 9.17) is 4.74 Å². The molecule has 0 aromatic heterocycles. The van der Waals surface area contributed by atoms with Gasteiger partial charge in [-0.3, -0.25) is 0 Å². The standard InChI is InChI=1S/C16H23N3O4S/c1-2-23-16(20)17-9-11-18(12-10-17)24(21,22)19-8-7-14-5-3-4-6-15(14)13-19/h3-6H,2,7-13H2,1H3. The molecule has 24 heavy (non-hydrogen) atoms. The van der Waals surface area contributed by atoms with E-state index >= 15 is 0 Å². The topological polar surface area (TPSA) is 70.2 Å². The van der Waals surface area contributed by atoms with Crippen LogP contribution in [0.1, 0.15) is 18.1 Å². The molecule has 0 bridgehead atoms. The van der Waals surface area contributed by atoms with Crippen LogP contribution in [0.25, 0.3) is 0 Å². The molecule has 2 heterocycles. The molecule has 7 nitrogen and oxygen atoms in total. The molecule has 1 amide bonds. The van der Waals surface area contributed by atoms with Gasteiger partial charge >= 0.3 is 6.09 Å². The lowest BCUT2D eigenvalue weighted by molar-refractivity contribution is 0.0923. The van der Waals surface area contributed by atoms with Gasteiger partial charge in [0.15, 0.2) is 0 Å². The van der Waals surface area contributed by atoms with Crippen LogP contribution in [0.15, 0.2) is 24.3 Å². The highest BCUT2D eigenvalue weighted by atomic mass is 32.2. The van der Waals surface area contributed by atoms with Crippen LogP contribution in [0.5, 0.6) is 0 Å². The number of ether oxygens (including phenoxy) is 1. The molecule has 132 valence electrons. The SMILES string of the molecule is CCOC(=O)N1CCN(S(=O)(=O)N2CCc3ccccc3C2)CC1. The zero-order valence-electron chi connectivity index (χ0n) is 13.8. The van der Waals surface area contributed by atoms with Gasteiger partial charge in [-0.15, -0.1) is 0 Å². The van der Waals surface area contributed by atoms with Crippen LogP contribution in [-0.4, -0.2) is 67.4 Å². The van der Waals surface area contributed by atoms with Gasteiger partial charge in [0.1, 0.15) is 0 Å². The maximum Gasteiger partial charge on any atom is 0.409 e. The molecule has 2 aliphatic heterocycles. The molecule has 1 saturated heterocycles. The van der Waals surface area contributed by atoms with Gasteiger partial charge in [0.25, 0.3) is 10.2 Å². The van der Waals surface area contributed by atoms with Gasteiger partial charge < -0.3 is 9.64 Å². The van der Waals surface area contributed by atoms with E-state index in [-0.39, 0.29) is 6.09 Å². The minimum atomic E-state index is -3.50. The van der Waals surface area contributed by atoms with E-state index in [0.29, 0.717) is 45.9 Å². The monoisotopic (exact) mass is 353 g/mol. The van der Waals surface area contributed by atoms with E-state index in [1.807, 2.05) is 18.2 Å². The first-order valence-electron chi connectivity index (χ1n) is 8.26. The van der Waals surface area contributed by atoms with E-state index in [0.717, 1.165) is 12.0 Å². The summed E-state index contributed by atoms with van der Waals surface area (Å²) in [6, 6.07) is 7.96. The molecule has 8 heteroatoms. The molecular weight excluding hydrogens is 330 g/mol. The molecule has 0 radical (unpaired) electrons. The second-order valence-corrected chi connectivity index (χ2v) is 7.87. The summed E-state index contributed by atoms with van der Waals surface area (Å²) in [7, 11) is -3.50. The van der Waals surface area contributed by atoms with Gasteiger partial charge in [0, 0.05) is 39.3 Å². The number of amides is 1. The zero-order valence-corrected chi connectivity index (χ0v) is 14.7. The number of carbonyl (C=O) groups is 1. The Morgan fingerprint density at radius 2 is 1.71 bits per heavy atom. The van der Waals surface area contributed by atoms with Crippen LogP contribution in [0.3, 0.4) is 0 Å². The highest BCUT2D eigenvalue weighted by molar-refractivity contribution is 7.86. The highest BCUT2D eigenvalue weighted by Gasteiger charge is 2.35. The molecule has 1 fully saturated rings. The fraction of sp³-hybridized carbons (Fsp3) is 0.562. The minimum Gasteiger partial charge on any atom is -0.450 e. The quantitative estimate of drug-likeness (QED) is 0.815. The molecule has 0 N–H and O–H groups in total. The van der Waals surface area contributed by atoms with Gasteiger partial charge in [0.2, 0.25) is 0 Å². The van der Waals surface area contributed by atoms with Crippen LogP contribution < -0.4 is 0 Å². The van der Waals surface area contributed by atoms with Crippen molar-refractivity contribution >= 4 is 16.3 Å². The van der Waals surface area contributed by atoms with Crippen LogP contribution in [0.4, 0.5) is 4.79 Å². The van der Waals surface area contributed by atoms with Gasteiger partial charge in [-0.25, -0.2) is 4.79 Å². The summed E-state index contributed by atoms with van der Waals surface area (Å²) in [6.45, 7) is 4.33. The van der Waals surface area contributed by atoms with E-state index in [9.17, 15) is 13.2 Å². The Kier molecular flexibility index (Phi) is 5.07. The molecule has 0 unspecified atom stereocenters. The number of benzene rings is 1. The van der Waals surface area contributed by atoms with Crippen molar-refractivity contribution in [2.45, 2.75) is 19.9 Å². The Morgan fingerprint density at radius 3 is 2.38 bits per heavy atom. The number of rotatable bonds is 3. The zero-order chi connectivity index (χ0) is 17.2. The third kappa shape index (κ3) is 3.40. The maximum atomic E-state index is 12.9. The van der Waals surface area contributed by atoms with Gasteiger partial charge in [0.05, 0.1) is 6.61 Å². The van der Waals surface area contributed by atoms with Crippen LogP contribution >= 0.6 is 0 Å². The lowest BCUT2D eigenvalue weighted by Crippen LogP contribution is -2.54. The average molecular weight is 353 g/mol. The number of fused-ring (bicyclic) bond motifs is 1. The van der Waals surface area contributed by atoms with Crippen molar-refractivity contribution in [3.63, 3.8) is 0 Å². The van der Waals surface area contributed by atoms with Crippen molar-refractivity contribution in [3.8, 4) is 0 Å². The highest BCUT2D eigenvalue weighted by Crippen LogP contribution is 2.23. The predicted molar refractivity (Wildman–Crippen MR) is 89.6 cm³/mol. The predicted octanol–water partition coefficient (Wildman–Crippen LogP) is 1.06. The van der Waals surface area contributed by atoms with Crippen molar-refractivity contribution in [2.75, 3.05) is 39.3 Å². The smallest absolute Gasteiger partial charge is 0.409 e. The van der Waals surface area contributed by atoms with Crippen molar-refractivity contribution in [1.82, 2.24) is 13.5 Å². The van der Waals surface area contributed by atoms with E-state index in [2.05, 4.69) is 6.07 Å². The van der Waals surface area contributed by atoms with Crippen LogP contribution in [0.2, 0.25) is 0 Å². The number of hydrogen-bond acceptors (Lipinski definition) is 4. The summed E-state index contributed by atoms with van der Waals surface area (Å²) < 4.78 is 33.7. The summed E-state index contributed by atoms with van der Waals surface area (Å²) in [4.78, 5) is 13.3. The molecular formula is C16H23N3O4S. The van der Waals surface area contributed by atoms with Crippen molar-refractivity contribution < 1.29 is 17.9 Å². The van der Waals surface area contributed by atoms with Crippen LogP contribution in [0, 0.1) is 0 Å². The van der Waals surface area contributed by atoms with Gasteiger partial charge in [-0.1, -0.05) is 24.3 Å². The third-order valence-electron chi connectivity index (χ3n) is 4.51. The summed E-state index contributed by atoms with van der Waals surface area (Å²) >= 11 is 0. The second kappa shape index (κ2) is 7.08. The lowest BCUT2D eigenvalue weighted by atomic mass is 10.0. The summed E-state index contributed by atoms with van der Waals surface area (Å²) in [5.74, 6) is 0. The van der Waals surface area contributed by atoms with E-state index in [1.54, 1.807) is 11.8 Å². The van der Waals surface area contributed by atoms with Crippen molar-refractivity contribution in [1.29, 1.82) is 0 Å². The third-order valence-corrected chi connectivity index (χ3v) is 6.49. The van der Waals surface area contributed by atoms with E-state index < -0.39 is 10.2 Å². The Labute approximate surface area is 143 Å². The molecule has 2 aliphatic rings. The largest absolute Gasteiger partial charge is 0.450 e. The average Bonchev–Trinajstić information content (AvgIpc) is 2.61. The summed E-state index contributed by atoms with van der Waals surface area (Å²) in [5, 5.41) is 0. The van der Waals surface area contributed by atoms with Crippen molar-refractivity contribution in [3.05, 3.63) is 35.4 Å². The molecule has 1 aromatic rings. The molecule has 3 rings (SSSR count). The molecule has 0 saturated carbocycles. The van der Waals surface area contributed by atoms with Gasteiger partial charge in [-0.05, 0) is 24.5 Å². The number of carbonyl (C=O) groups excluding carboxylic acids is 1. The fourth-order valence-electron chi connectivity index (χ4n) is 3.15. The fourth-order valence-corrected chi connectivity index (χ4v) is 4.72. The van der Waals surface area contributed by atoms with Crippen molar-refractivity contribution in [2.24, 2.45) is 0 Å². The Hall–Kier alpha value is -1.64. The molecule has 0 aliphatic carbocycles. The normalized spacial score (nSPS) is 19.8. The summed E-state index contributed by atoms with van der Waals surface area (Å²) in [5.41, 5.74) is 2.29. The molecule has 0 atom stereocenters. The minimum absolute atomic E-state index is 0.305. The van der Waals surface area contributed by atoms with Gasteiger partial charge in [-0.2, -0.15) is 17.0 Å². The second-order valence-electron chi connectivity index (χ2n) is 5.95. The Balaban J connectivity index is 1.64. The Bertz CT molecular complexity index is 699. The lowest BCUT2D eigenvalue weighted by Gasteiger charge is -2.37. The Morgan fingerprint density at radius 1 is 1.04 bits per heavy atom. The first-order valence-corrected chi connectivity index (χ1v) is 9.65. The maximum absolute atomic E-state index is 12.9. The number of nitrogens with zero attached hydrogens (tertiary/aromatic N) is 3. The molecule has 0 spiro atoms. The van der Waals surface area contributed by atoms with E-state index in [1.165, 1.54) is 14.2 Å². The summed E-state index contributed by atoms with van der Waals surface area (Å²) in [6.07, 6.45) is 0.361. The first kappa shape index (κ1) is 17.2. The molecule has 1 aromatic carbocycles. The van der Waals surface area contributed by atoms with Crippen LogP contribution in [-0.2, 0) is 27.9 Å². The first-order chi connectivity index (χ1) is 11.5.